The fourth-order valence-corrected chi connectivity index (χ4v) is 2.10. The third kappa shape index (κ3) is 1.61. The number of fused-ring (bicyclic) bond motifs is 1. The Labute approximate surface area is 80.2 Å². The topological polar surface area (TPSA) is 12.0 Å². The van der Waals surface area contributed by atoms with Gasteiger partial charge in [-0.25, -0.2) is 0 Å². The zero-order valence-corrected chi connectivity index (χ0v) is 8.43. The average molecular weight is 175 g/mol. The first-order valence-electron chi connectivity index (χ1n) is 5.11. The summed E-state index contributed by atoms with van der Waals surface area (Å²) in [6.07, 6.45) is 3.56. The van der Waals surface area contributed by atoms with Gasteiger partial charge in [0.05, 0.1) is 0 Å². The molecular weight excluding hydrogens is 158 g/mol. The average Bonchev–Trinajstić information content (AvgIpc) is 2.58. The Morgan fingerprint density at radius 2 is 2.08 bits per heavy atom. The van der Waals surface area contributed by atoms with Crippen molar-refractivity contribution in [3.8, 4) is 0 Å². The van der Waals surface area contributed by atoms with Crippen LogP contribution in [0.5, 0.6) is 0 Å². The van der Waals surface area contributed by atoms with Crippen LogP contribution in [-0.4, -0.2) is 13.1 Å². The van der Waals surface area contributed by atoms with E-state index in [1.807, 2.05) is 0 Å². The molecule has 0 aliphatic heterocycles. The second kappa shape index (κ2) is 3.51. The van der Waals surface area contributed by atoms with Crippen LogP contribution in [-0.2, 0) is 19.3 Å². The molecule has 0 saturated carbocycles. The molecule has 1 nitrogen and oxygen atoms in total. The van der Waals surface area contributed by atoms with Gasteiger partial charge in [0.1, 0.15) is 0 Å². The summed E-state index contributed by atoms with van der Waals surface area (Å²) in [5.41, 5.74) is 4.56. The number of nitrogens with one attached hydrogen (secondary N) is 1. The van der Waals surface area contributed by atoms with E-state index in [1.165, 1.54) is 24.0 Å². The highest BCUT2D eigenvalue weighted by molar-refractivity contribution is 5.37. The van der Waals surface area contributed by atoms with Crippen molar-refractivity contribution in [2.45, 2.75) is 32.2 Å². The lowest BCUT2D eigenvalue weighted by Gasteiger charge is -2.04. The van der Waals surface area contributed by atoms with Crippen molar-refractivity contribution >= 4 is 0 Å². The lowest BCUT2D eigenvalue weighted by molar-refractivity contribution is 0.593. The molecule has 0 amide bonds. The molecule has 0 heterocycles. The van der Waals surface area contributed by atoms with Gasteiger partial charge in [-0.05, 0) is 43.0 Å². The zero-order valence-electron chi connectivity index (χ0n) is 8.43. The highest BCUT2D eigenvalue weighted by atomic mass is 14.9. The number of aryl methyl sites for hydroxylation is 1. The summed E-state index contributed by atoms with van der Waals surface area (Å²) < 4.78 is 0. The van der Waals surface area contributed by atoms with Gasteiger partial charge < -0.3 is 5.32 Å². The van der Waals surface area contributed by atoms with Gasteiger partial charge in [0.2, 0.25) is 0 Å². The van der Waals surface area contributed by atoms with Gasteiger partial charge >= 0.3 is 0 Å². The summed E-state index contributed by atoms with van der Waals surface area (Å²) in [5, 5.41) is 3.35. The van der Waals surface area contributed by atoms with E-state index in [4.69, 9.17) is 0 Å². The number of likely N-dealkylation sites (N-methyl/N-ethyl adjacent to an activating group) is 1. The van der Waals surface area contributed by atoms with E-state index < -0.39 is 0 Å². The standard InChI is InChI=1S/C12H17N/c1-3-9-4-5-10-7-12(13-2)8-11(10)6-9/h4-6,12-13H,3,7-8H2,1-2H3. The van der Waals surface area contributed by atoms with E-state index in [0.717, 1.165) is 6.42 Å². The molecule has 0 radical (unpaired) electrons. The summed E-state index contributed by atoms with van der Waals surface area (Å²) in [5.74, 6) is 0. The van der Waals surface area contributed by atoms with Crippen molar-refractivity contribution in [1.29, 1.82) is 0 Å². The van der Waals surface area contributed by atoms with E-state index in [0.29, 0.717) is 6.04 Å². The smallest absolute Gasteiger partial charge is 0.0145 e. The van der Waals surface area contributed by atoms with Gasteiger partial charge in [-0.3, -0.25) is 0 Å². The fourth-order valence-electron chi connectivity index (χ4n) is 2.10. The molecule has 1 aromatic rings. The van der Waals surface area contributed by atoms with Crippen molar-refractivity contribution in [1.82, 2.24) is 5.32 Å². The molecule has 13 heavy (non-hydrogen) atoms. The lowest BCUT2D eigenvalue weighted by atomic mass is 10.1. The molecule has 1 N–H and O–H groups in total. The minimum atomic E-state index is 0.669. The Morgan fingerprint density at radius 1 is 1.31 bits per heavy atom. The van der Waals surface area contributed by atoms with Crippen LogP contribution < -0.4 is 5.32 Å². The Kier molecular flexibility index (Phi) is 2.36. The molecule has 0 saturated heterocycles. The van der Waals surface area contributed by atoms with Crippen molar-refractivity contribution in [2.75, 3.05) is 7.05 Å². The maximum absolute atomic E-state index is 3.35. The summed E-state index contributed by atoms with van der Waals surface area (Å²) in [6, 6.07) is 7.59. The van der Waals surface area contributed by atoms with Crippen LogP contribution in [0.25, 0.3) is 0 Å². The van der Waals surface area contributed by atoms with Crippen molar-refractivity contribution in [2.24, 2.45) is 0 Å². The zero-order chi connectivity index (χ0) is 9.26. The molecule has 1 aliphatic carbocycles. The molecular formula is C12H17N. The molecule has 1 atom stereocenters. The van der Waals surface area contributed by atoms with Crippen LogP contribution in [0.3, 0.4) is 0 Å². The van der Waals surface area contributed by atoms with Gasteiger partial charge in [-0.2, -0.15) is 0 Å². The Hall–Kier alpha value is -0.820. The van der Waals surface area contributed by atoms with Crippen LogP contribution in [0, 0.1) is 0 Å². The Morgan fingerprint density at radius 3 is 2.77 bits per heavy atom. The van der Waals surface area contributed by atoms with E-state index in [2.05, 4.69) is 37.5 Å². The first-order chi connectivity index (χ1) is 6.33. The molecule has 0 aromatic heterocycles. The number of hydrogen-bond donors (Lipinski definition) is 1. The molecule has 1 heteroatoms. The summed E-state index contributed by atoms with van der Waals surface area (Å²) in [7, 11) is 2.05. The van der Waals surface area contributed by atoms with Gasteiger partial charge in [-0.1, -0.05) is 25.1 Å². The molecule has 1 unspecified atom stereocenters. The minimum absolute atomic E-state index is 0.669. The normalized spacial score (nSPS) is 20.3. The van der Waals surface area contributed by atoms with Gasteiger partial charge in [0.15, 0.2) is 0 Å². The van der Waals surface area contributed by atoms with Gasteiger partial charge in [0.25, 0.3) is 0 Å². The summed E-state index contributed by atoms with van der Waals surface area (Å²) in [6.45, 7) is 2.21. The fraction of sp³-hybridized carbons (Fsp3) is 0.500. The second-order valence-electron chi connectivity index (χ2n) is 3.85. The summed E-state index contributed by atoms with van der Waals surface area (Å²) >= 11 is 0. The Balaban J connectivity index is 2.25. The first-order valence-corrected chi connectivity index (χ1v) is 5.11. The molecule has 0 fully saturated rings. The van der Waals surface area contributed by atoms with Crippen LogP contribution in [0.15, 0.2) is 18.2 Å². The monoisotopic (exact) mass is 175 g/mol. The van der Waals surface area contributed by atoms with Gasteiger partial charge in [-0.15, -0.1) is 0 Å². The van der Waals surface area contributed by atoms with Crippen molar-refractivity contribution in [3.05, 3.63) is 34.9 Å². The van der Waals surface area contributed by atoms with Crippen LogP contribution in [0.2, 0.25) is 0 Å². The van der Waals surface area contributed by atoms with E-state index in [9.17, 15) is 0 Å². The van der Waals surface area contributed by atoms with E-state index >= 15 is 0 Å². The highest BCUT2D eigenvalue weighted by Crippen LogP contribution is 2.23. The molecule has 0 bridgehead atoms. The van der Waals surface area contributed by atoms with Crippen LogP contribution in [0.1, 0.15) is 23.6 Å². The Bertz CT molecular complexity index is 304. The number of rotatable bonds is 2. The van der Waals surface area contributed by atoms with Crippen molar-refractivity contribution in [3.63, 3.8) is 0 Å². The number of benzene rings is 1. The van der Waals surface area contributed by atoms with Crippen LogP contribution in [0.4, 0.5) is 0 Å². The highest BCUT2D eigenvalue weighted by Gasteiger charge is 2.19. The van der Waals surface area contributed by atoms with Gasteiger partial charge in [0, 0.05) is 6.04 Å². The largest absolute Gasteiger partial charge is 0.316 e. The molecule has 70 valence electrons. The SMILES string of the molecule is CCc1ccc2c(c1)CC(NC)C2. The maximum Gasteiger partial charge on any atom is 0.0145 e. The molecule has 1 aromatic carbocycles. The minimum Gasteiger partial charge on any atom is -0.316 e. The first kappa shape index (κ1) is 8.76. The quantitative estimate of drug-likeness (QED) is 0.724. The molecule has 0 spiro atoms. The third-order valence-corrected chi connectivity index (χ3v) is 3.02. The molecule has 2 rings (SSSR count). The lowest BCUT2D eigenvalue weighted by Crippen LogP contribution is -2.24. The predicted molar refractivity (Wildman–Crippen MR) is 56.1 cm³/mol. The third-order valence-electron chi connectivity index (χ3n) is 3.02. The van der Waals surface area contributed by atoms with Crippen LogP contribution >= 0.6 is 0 Å². The van der Waals surface area contributed by atoms with Crippen molar-refractivity contribution < 1.29 is 0 Å². The number of hydrogen-bond acceptors (Lipinski definition) is 1. The summed E-state index contributed by atoms with van der Waals surface area (Å²) in [4.78, 5) is 0. The van der Waals surface area contributed by atoms with E-state index in [1.54, 1.807) is 5.56 Å². The maximum atomic E-state index is 3.35. The predicted octanol–water partition coefficient (Wildman–Crippen LogP) is 1.94. The van der Waals surface area contributed by atoms with E-state index in [-0.39, 0.29) is 0 Å². The molecule has 1 aliphatic rings. The second-order valence-corrected chi connectivity index (χ2v) is 3.85.